The molecule has 0 spiro atoms. The molecule has 0 aromatic heterocycles. The van der Waals surface area contributed by atoms with E-state index >= 15 is 0 Å². The summed E-state index contributed by atoms with van der Waals surface area (Å²) in [7, 11) is 0. The van der Waals surface area contributed by atoms with Crippen LogP contribution in [-0.4, -0.2) is 16.2 Å². The first-order valence-electron chi connectivity index (χ1n) is 5.81. The second kappa shape index (κ2) is 5.71. The Balaban J connectivity index is 2.09. The van der Waals surface area contributed by atoms with E-state index in [2.05, 4.69) is 10.6 Å². The zero-order chi connectivity index (χ0) is 14.7. The minimum Gasteiger partial charge on any atom is -0.508 e. The van der Waals surface area contributed by atoms with E-state index in [1.165, 1.54) is 18.2 Å². The summed E-state index contributed by atoms with van der Waals surface area (Å²) in [6.07, 6.45) is 0. The van der Waals surface area contributed by atoms with Crippen molar-refractivity contribution in [1.29, 1.82) is 0 Å². The molecule has 0 radical (unpaired) electrons. The second-order valence-corrected chi connectivity index (χ2v) is 4.71. The lowest BCUT2D eigenvalue weighted by atomic mass is 10.2. The zero-order valence-corrected chi connectivity index (χ0v) is 11.4. The summed E-state index contributed by atoms with van der Waals surface area (Å²) in [6, 6.07) is 8.44. The fraction of sp³-hybridized carbons (Fsp3) is 0.0714. The summed E-state index contributed by atoms with van der Waals surface area (Å²) in [5.41, 5.74) is 1.73. The van der Waals surface area contributed by atoms with Crippen LogP contribution in [0.15, 0.2) is 36.4 Å². The van der Waals surface area contributed by atoms with Gasteiger partial charge < -0.3 is 20.8 Å². The average Bonchev–Trinajstić information content (AvgIpc) is 2.31. The Labute approximate surface area is 120 Å². The molecule has 0 atom stereocenters. The number of anilines is 2. The highest BCUT2D eigenvalue weighted by Crippen LogP contribution is 2.24. The minimum atomic E-state index is -0.486. The van der Waals surface area contributed by atoms with Gasteiger partial charge in [-0.05, 0) is 30.7 Å². The molecule has 0 saturated carbocycles. The number of benzene rings is 2. The van der Waals surface area contributed by atoms with E-state index in [0.29, 0.717) is 10.7 Å². The van der Waals surface area contributed by atoms with Crippen molar-refractivity contribution in [2.24, 2.45) is 0 Å². The Bertz CT molecular complexity index is 639. The Morgan fingerprint density at radius 3 is 2.30 bits per heavy atom. The molecule has 2 amide bonds. The maximum Gasteiger partial charge on any atom is 0.323 e. The molecule has 2 rings (SSSR count). The Morgan fingerprint density at radius 2 is 1.70 bits per heavy atom. The molecule has 2 aromatic rings. The molecule has 0 aliphatic heterocycles. The van der Waals surface area contributed by atoms with Gasteiger partial charge in [-0.25, -0.2) is 4.79 Å². The third-order valence-electron chi connectivity index (χ3n) is 2.60. The third-order valence-corrected chi connectivity index (χ3v) is 2.83. The van der Waals surface area contributed by atoms with Gasteiger partial charge >= 0.3 is 6.03 Å². The number of aryl methyl sites for hydroxylation is 1. The molecule has 4 N–H and O–H groups in total. The molecule has 5 nitrogen and oxygen atoms in total. The van der Waals surface area contributed by atoms with Gasteiger partial charge in [-0.1, -0.05) is 11.6 Å². The van der Waals surface area contributed by atoms with Crippen LogP contribution in [0.25, 0.3) is 0 Å². The lowest BCUT2D eigenvalue weighted by Gasteiger charge is -2.10. The highest BCUT2D eigenvalue weighted by atomic mass is 35.5. The van der Waals surface area contributed by atoms with Crippen molar-refractivity contribution in [3.05, 3.63) is 47.0 Å². The first-order chi connectivity index (χ1) is 9.44. The van der Waals surface area contributed by atoms with E-state index in [1.54, 1.807) is 18.2 Å². The van der Waals surface area contributed by atoms with Crippen molar-refractivity contribution < 1.29 is 15.0 Å². The van der Waals surface area contributed by atoms with Crippen LogP contribution in [0.3, 0.4) is 0 Å². The fourth-order valence-corrected chi connectivity index (χ4v) is 1.95. The van der Waals surface area contributed by atoms with E-state index in [1.807, 2.05) is 6.92 Å². The van der Waals surface area contributed by atoms with Crippen LogP contribution >= 0.6 is 11.6 Å². The Morgan fingerprint density at radius 1 is 1.05 bits per heavy atom. The number of phenolic OH excluding ortho intramolecular Hbond substituents is 2. The number of phenols is 2. The number of hydrogen-bond donors (Lipinski definition) is 4. The predicted molar refractivity (Wildman–Crippen MR) is 78.6 cm³/mol. The number of hydrogen-bond acceptors (Lipinski definition) is 3. The van der Waals surface area contributed by atoms with Gasteiger partial charge in [0.1, 0.15) is 11.5 Å². The van der Waals surface area contributed by atoms with Crippen molar-refractivity contribution in [3.8, 4) is 11.5 Å². The first kappa shape index (κ1) is 14.0. The van der Waals surface area contributed by atoms with Crippen LogP contribution in [0.4, 0.5) is 16.2 Å². The van der Waals surface area contributed by atoms with Crippen LogP contribution in [0.1, 0.15) is 5.56 Å². The van der Waals surface area contributed by atoms with Crippen LogP contribution in [0.2, 0.25) is 5.02 Å². The smallest absolute Gasteiger partial charge is 0.323 e. The maximum absolute atomic E-state index is 11.8. The first-order valence-corrected chi connectivity index (χ1v) is 6.19. The van der Waals surface area contributed by atoms with E-state index < -0.39 is 6.03 Å². The number of aromatic hydroxyl groups is 2. The molecule has 0 unspecified atom stereocenters. The summed E-state index contributed by atoms with van der Waals surface area (Å²) in [6.45, 7) is 1.82. The van der Waals surface area contributed by atoms with Crippen molar-refractivity contribution in [3.63, 3.8) is 0 Å². The number of urea groups is 1. The molecule has 0 aliphatic carbocycles. The molecule has 0 heterocycles. The van der Waals surface area contributed by atoms with E-state index in [9.17, 15) is 15.0 Å². The zero-order valence-electron chi connectivity index (χ0n) is 10.6. The van der Waals surface area contributed by atoms with Gasteiger partial charge in [0.05, 0.1) is 0 Å². The number of carbonyl (C=O) groups excluding carboxylic acids is 1. The summed E-state index contributed by atoms with van der Waals surface area (Å²) < 4.78 is 0. The SMILES string of the molecule is Cc1cc(Cl)ccc1NC(=O)Nc1cc(O)cc(O)c1. The Kier molecular flexibility index (Phi) is 4.00. The second-order valence-electron chi connectivity index (χ2n) is 4.28. The third kappa shape index (κ3) is 3.55. The van der Waals surface area contributed by atoms with E-state index in [0.717, 1.165) is 5.56 Å². The number of halogens is 1. The number of carbonyl (C=O) groups is 1. The van der Waals surface area contributed by atoms with E-state index in [-0.39, 0.29) is 17.2 Å². The minimum absolute atomic E-state index is 0.136. The molecule has 0 saturated heterocycles. The largest absolute Gasteiger partial charge is 0.508 e. The van der Waals surface area contributed by atoms with Crippen molar-refractivity contribution >= 4 is 29.0 Å². The molecule has 2 aromatic carbocycles. The van der Waals surface area contributed by atoms with Crippen LogP contribution in [0.5, 0.6) is 11.5 Å². The van der Waals surface area contributed by atoms with E-state index in [4.69, 9.17) is 11.6 Å². The van der Waals surface area contributed by atoms with Gasteiger partial charge in [0.15, 0.2) is 0 Å². The summed E-state index contributed by atoms with van der Waals surface area (Å²) >= 11 is 5.83. The van der Waals surface area contributed by atoms with Gasteiger partial charge in [-0.2, -0.15) is 0 Å². The highest BCUT2D eigenvalue weighted by Gasteiger charge is 2.07. The van der Waals surface area contributed by atoms with Crippen molar-refractivity contribution in [1.82, 2.24) is 0 Å². The van der Waals surface area contributed by atoms with Crippen molar-refractivity contribution in [2.45, 2.75) is 6.92 Å². The quantitative estimate of drug-likeness (QED) is 0.681. The lowest BCUT2D eigenvalue weighted by Crippen LogP contribution is -2.19. The summed E-state index contributed by atoms with van der Waals surface area (Å²) in [5, 5.41) is 24.4. The predicted octanol–water partition coefficient (Wildman–Crippen LogP) is 3.70. The number of amides is 2. The fourth-order valence-electron chi connectivity index (χ4n) is 1.72. The maximum atomic E-state index is 11.8. The summed E-state index contributed by atoms with van der Waals surface area (Å²) in [4.78, 5) is 11.8. The summed E-state index contributed by atoms with van der Waals surface area (Å²) in [5.74, 6) is -0.272. The van der Waals surface area contributed by atoms with Crippen LogP contribution < -0.4 is 10.6 Å². The average molecular weight is 293 g/mol. The van der Waals surface area contributed by atoms with Gasteiger partial charge in [0, 0.05) is 34.6 Å². The molecule has 0 aliphatic rings. The van der Waals surface area contributed by atoms with Gasteiger partial charge in [0.2, 0.25) is 0 Å². The van der Waals surface area contributed by atoms with Crippen LogP contribution in [-0.2, 0) is 0 Å². The molecular weight excluding hydrogens is 280 g/mol. The number of rotatable bonds is 2. The van der Waals surface area contributed by atoms with Crippen molar-refractivity contribution in [2.75, 3.05) is 10.6 Å². The molecule has 0 fully saturated rings. The van der Waals surface area contributed by atoms with Crippen LogP contribution in [0, 0.1) is 6.92 Å². The monoisotopic (exact) mass is 292 g/mol. The topological polar surface area (TPSA) is 81.6 Å². The lowest BCUT2D eigenvalue weighted by molar-refractivity contribution is 0.262. The molecule has 6 heteroatoms. The Hall–Kier alpha value is -2.40. The standard InChI is InChI=1S/C14H13ClN2O3/c1-8-4-9(15)2-3-13(8)17-14(20)16-10-5-11(18)7-12(19)6-10/h2-7,18-19H,1H3,(H2,16,17,20). The molecule has 104 valence electrons. The molecule has 20 heavy (non-hydrogen) atoms. The number of nitrogens with one attached hydrogen (secondary N) is 2. The van der Waals surface area contributed by atoms with Gasteiger partial charge in [-0.3, -0.25) is 0 Å². The molecule has 0 bridgehead atoms. The highest BCUT2D eigenvalue weighted by molar-refractivity contribution is 6.30. The van der Waals surface area contributed by atoms with Gasteiger partial charge in [-0.15, -0.1) is 0 Å². The molecular formula is C14H13ClN2O3. The normalized spacial score (nSPS) is 10.1. The van der Waals surface area contributed by atoms with Gasteiger partial charge in [0.25, 0.3) is 0 Å².